The molecule has 0 aliphatic carbocycles. The Labute approximate surface area is 166 Å². The Bertz CT molecular complexity index is 580. The molecule has 142 valence electrons. The lowest BCUT2D eigenvalue weighted by atomic mass is 10.1. The zero-order valence-electron chi connectivity index (χ0n) is 15.4. The summed E-state index contributed by atoms with van der Waals surface area (Å²) >= 11 is 0. The highest BCUT2D eigenvalue weighted by molar-refractivity contribution is 14.0. The van der Waals surface area contributed by atoms with Gasteiger partial charge in [0.05, 0.1) is 0 Å². The molecule has 2 N–H and O–H groups in total. The molecule has 2 unspecified atom stereocenters. The first-order chi connectivity index (χ1) is 11.4. The van der Waals surface area contributed by atoms with Crippen LogP contribution in [0.25, 0.3) is 0 Å². The van der Waals surface area contributed by atoms with Gasteiger partial charge < -0.3 is 15.5 Å². The maximum Gasteiger partial charge on any atom is 0.191 e. The number of nitrogens with one attached hydrogen (secondary N) is 2. The standard InChI is InChI=1S/C18H28F2N4.HI/c1-12(2)13(3)23-18(21-4)22-10-14-7-8-24(11-14)15-5-6-16(19)17(20)9-15;/h5-6,9,12-14H,7-8,10-11H2,1-4H3,(H2,21,22,23);1H. The second kappa shape index (κ2) is 10.1. The average Bonchev–Trinajstić information content (AvgIpc) is 3.02. The molecule has 0 saturated carbocycles. The highest BCUT2D eigenvalue weighted by Crippen LogP contribution is 2.24. The number of halogens is 3. The van der Waals surface area contributed by atoms with E-state index in [0.717, 1.165) is 37.7 Å². The smallest absolute Gasteiger partial charge is 0.191 e. The second-order valence-electron chi connectivity index (χ2n) is 6.83. The van der Waals surface area contributed by atoms with Crippen LogP contribution < -0.4 is 15.5 Å². The van der Waals surface area contributed by atoms with Crippen molar-refractivity contribution in [3.05, 3.63) is 29.8 Å². The van der Waals surface area contributed by atoms with E-state index in [1.165, 1.54) is 12.1 Å². The molecule has 0 spiro atoms. The van der Waals surface area contributed by atoms with Crippen LogP contribution in [-0.2, 0) is 0 Å². The van der Waals surface area contributed by atoms with Gasteiger partial charge in [0.2, 0.25) is 0 Å². The topological polar surface area (TPSA) is 39.7 Å². The second-order valence-corrected chi connectivity index (χ2v) is 6.83. The van der Waals surface area contributed by atoms with Gasteiger partial charge in [0.1, 0.15) is 0 Å². The fourth-order valence-electron chi connectivity index (χ4n) is 2.73. The van der Waals surface area contributed by atoms with Crippen LogP contribution in [0.1, 0.15) is 27.2 Å². The fraction of sp³-hybridized carbons (Fsp3) is 0.611. The molecule has 1 fully saturated rings. The molecular formula is C18H29F2IN4. The van der Waals surface area contributed by atoms with Gasteiger partial charge in [0, 0.05) is 44.5 Å². The van der Waals surface area contributed by atoms with Crippen LogP contribution in [-0.4, -0.2) is 38.7 Å². The predicted molar refractivity (Wildman–Crippen MR) is 111 cm³/mol. The molecule has 1 heterocycles. The maximum atomic E-state index is 13.4. The lowest BCUT2D eigenvalue weighted by Gasteiger charge is -2.22. The molecule has 0 bridgehead atoms. The van der Waals surface area contributed by atoms with Crippen LogP contribution >= 0.6 is 24.0 Å². The summed E-state index contributed by atoms with van der Waals surface area (Å²) in [4.78, 5) is 6.36. The first-order valence-electron chi connectivity index (χ1n) is 8.58. The molecule has 0 aromatic heterocycles. The molecule has 1 aliphatic rings. The van der Waals surface area contributed by atoms with Gasteiger partial charge in [-0.1, -0.05) is 13.8 Å². The molecule has 0 radical (unpaired) electrons. The number of hydrogen-bond acceptors (Lipinski definition) is 2. The van der Waals surface area contributed by atoms with Gasteiger partial charge in [-0.2, -0.15) is 0 Å². The molecular weight excluding hydrogens is 437 g/mol. The average molecular weight is 466 g/mol. The fourth-order valence-corrected chi connectivity index (χ4v) is 2.73. The van der Waals surface area contributed by atoms with Crippen molar-refractivity contribution in [1.29, 1.82) is 0 Å². The molecule has 2 atom stereocenters. The van der Waals surface area contributed by atoms with Gasteiger partial charge in [0.15, 0.2) is 17.6 Å². The third-order valence-electron chi connectivity index (χ3n) is 4.70. The predicted octanol–water partition coefficient (Wildman–Crippen LogP) is 3.62. The molecule has 7 heteroatoms. The van der Waals surface area contributed by atoms with Crippen molar-refractivity contribution in [2.45, 2.75) is 33.2 Å². The van der Waals surface area contributed by atoms with Crippen LogP contribution in [0.3, 0.4) is 0 Å². The van der Waals surface area contributed by atoms with Gasteiger partial charge in [-0.25, -0.2) is 8.78 Å². The van der Waals surface area contributed by atoms with E-state index in [2.05, 4.69) is 41.3 Å². The summed E-state index contributed by atoms with van der Waals surface area (Å²) in [6, 6.07) is 4.45. The summed E-state index contributed by atoms with van der Waals surface area (Å²) in [7, 11) is 1.77. The number of hydrogen-bond donors (Lipinski definition) is 2. The molecule has 4 nitrogen and oxygen atoms in total. The largest absolute Gasteiger partial charge is 0.371 e. The van der Waals surface area contributed by atoms with E-state index >= 15 is 0 Å². The first-order valence-corrected chi connectivity index (χ1v) is 8.58. The van der Waals surface area contributed by atoms with E-state index in [9.17, 15) is 8.78 Å². The summed E-state index contributed by atoms with van der Waals surface area (Å²) in [5.41, 5.74) is 0.743. The van der Waals surface area contributed by atoms with Crippen molar-refractivity contribution in [3.63, 3.8) is 0 Å². The summed E-state index contributed by atoms with van der Waals surface area (Å²) in [6.07, 6.45) is 1.02. The van der Waals surface area contributed by atoms with Crippen molar-refractivity contribution in [1.82, 2.24) is 10.6 Å². The van der Waals surface area contributed by atoms with Crippen molar-refractivity contribution in [2.75, 3.05) is 31.6 Å². The van der Waals surface area contributed by atoms with E-state index in [1.54, 1.807) is 13.1 Å². The first kappa shape index (κ1) is 21.9. The Morgan fingerprint density at radius 1 is 1.28 bits per heavy atom. The highest BCUT2D eigenvalue weighted by Gasteiger charge is 2.23. The molecule has 0 amide bonds. The van der Waals surface area contributed by atoms with E-state index < -0.39 is 11.6 Å². The normalized spacial score (nSPS) is 18.9. The van der Waals surface area contributed by atoms with Crippen LogP contribution in [0, 0.1) is 23.5 Å². The monoisotopic (exact) mass is 466 g/mol. The zero-order valence-corrected chi connectivity index (χ0v) is 17.7. The highest BCUT2D eigenvalue weighted by atomic mass is 127. The maximum absolute atomic E-state index is 13.4. The van der Waals surface area contributed by atoms with Gasteiger partial charge in [-0.15, -0.1) is 24.0 Å². The molecule has 1 aromatic carbocycles. The molecule has 1 aromatic rings. The van der Waals surface area contributed by atoms with Crippen LogP contribution in [0.4, 0.5) is 14.5 Å². The molecule has 25 heavy (non-hydrogen) atoms. The third-order valence-corrected chi connectivity index (χ3v) is 4.70. The lowest BCUT2D eigenvalue weighted by Crippen LogP contribution is -2.45. The van der Waals surface area contributed by atoms with Crippen molar-refractivity contribution in [2.24, 2.45) is 16.8 Å². The van der Waals surface area contributed by atoms with Crippen molar-refractivity contribution < 1.29 is 8.78 Å². The molecule has 1 aliphatic heterocycles. The number of rotatable bonds is 5. The minimum absolute atomic E-state index is 0. The molecule has 2 rings (SSSR count). The Kier molecular flexibility index (Phi) is 8.88. The number of guanidine groups is 1. The minimum atomic E-state index is -0.801. The summed E-state index contributed by atoms with van der Waals surface area (Å²) in [5, 5.41) is 6.75. The zero-order chi connectivity index (χ0) is 17.7. The minimum Gasteiger partial charge on any atom is -0.371 e. The van der Waals surface area contributed by atoms with E-state index in [0.29, 0.717) is 17.9 Å². The Balaban J connectivity index is 0.00000312. The summed E-state index contributed by atoms with van der Waals surface area (Å²) in [5.74, 6) is 0.194. The number of aliphatic imine (C=N–C) groups is 1. The van der Waals surface area contributed by atoms with Gasteiger partial charge in [0.25, 0.3) is 0 Å². The van der Waals surface area contributed by atoms with Crippen LogP contribution in [0.2, 0.25) is 0 Å². The quantitative estimate of drug-likeness (QED) is 0.396. The Morgan fingerprint density at radius 2 is 2.00 bits per heavy atom. The lowest BCUT2D eigenvalue weighted by molar-refractivity contribution is 0.476. The molecule has 1 saturated heterocycles. The third kappa shape index (κ3) is 6.27. The van der Waals surface area contributed by atoms with Crippen LogP contribution in [0.5, 0.6) is 0 Å². The van der Waals surface area contributed by atoms with E-state index in [-0.39, 0.29) is 24.0 Å². The van der Waals surface area contributed by atoms with Crippen LogP contribution in [0.15, 0.2) is 23.2 Å². The summed E-state index contributed by atoms with van der Waals surface area (Å²) in [6.45, 7) is 8.96. The van der Waals surface area contributed by atoms with Crippen molar-refractivity contribution in [3.8, 4) is 0 Å². The SMILES string of the molecule is CN=C(NCC1CCN(c2ccc(F)c(F)c2)C1)NC(C)C(C)C.I. The van der Waals surface area contributed by atoms with Gasteiger partial charge >= 0.3 is 0 Å². The van der Waals surface area contributed by atoms with Gasteiger partial charge in [-0.05, 0) is 37.3 Å². The summed E-state index contributed by atoms with van der Waals surface area (Å²) < 4.78 is 26.4. The number of benzene rings is 1. The number of anilines is 1. The van der Waals surface area contributed by atoms with E-state index in [4.69, 9.17) is 0 Å². The number of nitrogens with zero attached hydrogens (tertiary/aromatic N) is 2. The Hall–Kier alpha value is -1.12. The van der Waals surface area contributed by atoms with Gasteiger partial charge in [-0.3, -0.25) is 4.99 Å². The van der Waals surface area contributed by atoms with Crippen molar-refractivity contribution >= 4 is 35.6 Å². The van der Waals surface area contributed by atoms with E-state index in [1.807, 2.05) is 0 Å². The Morgan fingerprint density at radius 3 is 2.60 bits per heavy atom.